The standard InChI is InChI=1S/C28H30N4OS/c1-2-34-26-15-9-6-12-23(26)28(33)31-18-16-30(17-19-31)21-27-29-24-13-7-8-14-25(24)32(27)20-22-10-4-3-5-11-22/h3-15H,2,16-21H2,1H3. The minimum atomic E-state index is 0.146. The number of nitrogens with zero attached hydrogens (tertiary/aromatic N) is 4. The molecule has 0 spiro atoms. The maximum Gasteiger partial charge on any atom is 0.255 e. The molecule has 5 nitrogen and oxygen atoms in total. The Morgan fingerprint density at radius 1 is 0.853 bits per heavy atom. The molecule has 1 aliphatic heterocycles. The number of hydrogen-bond donors (Lipinski definition) is 0. The summed E-state index contributed by atoms with van der Waals surface area (Å²) >= 11 is 1.73. The fraction of sp³-hybridized carbons (Fsp3) is 0.286. The zero-order chi connectivity index (χ0) is 23.3. The van der Waals surface area contributed by atoms with Crippen LogP contribution in [0.3, 0.4) is 0 Å². The Labute approximate surface area is 205 Å². The Morgan fingerprint density at radius 3 is 2.35 bits per heavy atom. The van der Waals surface area contributed by atoms with Crippen molar-refractivity contribution in [2.75, 3.05) is 31.9 Å². The lowest BCUT2D eigenvalue weighted by Crippen LogP contribution is -2.48. The lowest BCUT2D eigenvalue weighted by molar-refractivity contribution is 0.0621. The smallest absolute Gasteiger partial charge is 0.255 e. The van der Waals surface area contributed by atoms with Crippen LogP contribution in [0.5, 0.6) is 0 Å². The van der Waals surface area contributed by atoms with Crippen molar-refractivity contribution in [3.05, 3.63) is 95.8 Å². The van der Waals surface area contributed by atoms with Crippen LogP contribution in [0.25, 0.3) is 11.0 Å². The highest BCUT2D eigenvalue weighted by Crippen LogP contribution is 2.24. The summed E-state index contributed by atoms with van der Waals surface area (Å²) in [5.41, 5.74) is 4.30. The third kappa shape index (κ3) is 4.88. The normalized spacial score (nSPS) is 14.6. The topological polar surface area (TPSA) is 41.4 Å². The van der Waals surface area contributed by atoms with Crippen LogP contribution in [-0.4, -0.2) is 57.2 Å². The summed E-state index contributed by atoms with van der Waals surface area (Å²) in [6.45, 7) is 6.89. The van der Waals surface area contributed by atoms with Gasteiger partial charge in [0.1, 0.15) is 5.82 Å². The average molecular weight is 471 g/mol. The first-order valence-electron chi connectivity index (χ1n) is 11.9. The number of aromatic nitrogens is 2. The summed E-state index contributed by atoms with van der Waals surface area (Å²) in [6.07, 6.45) is 0. The van der Waals surface area contributed by atoms with Gasteiger partial charge in [-0.05, 0) is 35.6 Å². The number of benzene rings is 3. The van der Waals surface area contributed by atoms with Crippen LogP contribution in [0, 0.1) is 0 Å². The van der Waals surface area contributed by atoms with E-state index < -0.39 is 0 Å². The van der Waals surface area contributed by atoms with Crippen LogP contribution < -0.4 is 0 Å². The highest BCUT2D eigenvalue weighted by atomic mass is 32.2. The summed E-state index contributed by atoms with van der Waals surface area (Å²) in [7, 11) is 0. The largest absolute Gasteiger partial charge is 0.336 e. The second kappa shape index (κ2) is 10.5. The molecule has 6 heteroatoms. The van der Waals surface area contributed by atoms with Crippen LogP contribution in [0.4, 0.5) is 0 Å². The number of thioether (sulfide) groups is 1. The van der Waals surface area contributed by atoms with Gasteiger partial charge in [0.2, 0.25) is 0 Å². The number of carbonyl (C=O) groups excluding carboxylic acids is 1. The van der Waals surface area contributed by atoms with Crippen molar-refractivity contribution in [3.8, 4) is 0 Å². The third-order valence-corrected chi connectivity index (χ3v) is 7.31. The number of amides is 1. The van der Waals surface area contributed by atoms with Gasteiger partial charge in [0.25, 0.3) is 5.91 Å². The molecular weight excluding hydrogens is 440 g/mol. The van der Waals surface area contributed by atoms with Crippen molar-refractivity contribution in [2.45, 2.75) is 24.9 Å². The monoisotopic (exact) mass is 470 g/mol. The van der Waals surface area contributed by atoms with Gasteiger partial charge in [0, 0.05) is 37.6 Å². The maximum atomic E-state index is 13.2. The van der Waals surface area contributed by atoms with Gasteiger partial charge < -0.3 is 9.47 Å². The van der Waals surface area contributed by atoms with Gasteiger partial charge in [-0.1, -0.05) is 61.5 Å². The summed E-state index contributed by atoms with van der Waals surface area (Å²) in [4.78, 5) is 23.7. The van der Waals surface area contributed by atoms with E-state index in [0.717, 1.165) is 66.8 Å². The van der Waals surface area contributed by atoms with Gasteiger partial charge in [-0.25, -0.2) is 4.98 Å². The van der Waals surface area contributed by atoms with E-state index in [1.54, 1.807) is 11.8 Å². The predicted octanol–water partition coefficient (Wildman–Crippen LogP) is 5.15. The van der Waals surface area contributed by atoms with Crippen LogP contribution in [0.1, 0.15) is 28.7 Å². The van der Waals surface area contributed by atoms with E-state index in [1.165, 1.54) is 11.1 Å². The Balaban J connectivity index is 1.29. The first kappa shape index (κ1) is 22.7. The second-order valence-electron chi connectivity index (χ2n) is 8.59. The SMILES string of the molecule is CCSc1ccccc1C(=O)N1CCN(Cc2nc3ccccc3n2Cc2ccccc2)CC1. The van der Waals surface area contributed by atoms with Crippen LogP contribution >= 0.6 is 11.8 Å². The van der Waals surface area contributed by atoms with Gasteiger partial charge in [0.15, 0.2) is 0 Å². The molecule has 0 saturated carbocycles. The van der Waals surface area contributed by atoms with Crippen molar-refractivity contribution in [2.24, 2.45) is 0 Å². The predicted molar refractivity (Wildman–Crippen MR) is 139 cm³/mol. The van der Waals surface area contributed by atoms with Crippen LogP contribution in [0.2, 0.25) is 0 Å². The molecule has 0 unspecified atom stereocenters. The molecule has 1 saturated heterocycles. The van der Waals surface area contributed by atoms with Crippen molar-refractivity contribution in [1.29, 1.82) is 0 Å². The Bertz CT molecular complexity index is 1260. The Kier molecular flexibility index (Phi) is 6.97. The molecule has 2 heterocycles. The van der Waals surface area contributed by atoms with Gasteiger partial charge in [0.05, 0.1) is 23.1 Å². The Hall–Kier alpha value is -3.09. The van der Waals surface area contributed by atoms with Crippen LogP contribution in [0.15, 0.2) is 83.8 Å². The summed E-state index contributed by atoms with van der Waals surface area (Å²) in [6, 6.07) is 26.9. The molecule has 1 aromatic heterocycles. The average Bonchev–Trinajstić information content (AvgIpc) is 3.22. The molecule has 0 N–H and O–H groups in total. The first-order chi connectivity index (χ1) is 16.7. The fourth-order valence-electron chi connectivity index (χ4n) is 4.59. The van der Waals surface area contributed by atoms with Crippen LogP contribution in [-0.2, 0) is 13.1 Å². The number of hydrogen-bond acceptors (Lipinski definition) is 4. The highest BCUT2D eigenvalue weighted by molar-refractivity contribution is 7.99. The zero-order valence-electron chi connectivity index (χ0n) is 19.6. The number of para-hydroxylation sites is 2. The minimum absolute atomic E-state index is 0.146. The zero-order valence-corrected chi connectivity index (χ0v) is 20.4. The lowest BCUT2D eigenvalue weighted by atomic mass is 10.2. The van der Waals surface area contributed by atoms with Gasteiger partial charge in [-0.2, -0.15) is 0 Å². The number of rotatable bonds is 7. The van der Waals surface area contributed by atoms with Crippen molar-refractivity contribution < 1.29 is 4.79 Å². The first-order valence-corrected chi connectivity index (χ1v) is 12.9. The Morgan fingerprint density at radius 2 is 1.56 bits per heavy atom. The quantitative estimate of drug-likeness (QED) is 0.350. The minimum Gasteiger partial charge on any atom is -0.336 e. The maximum absolute atomic E-state index is 13.2. The molecule has 0 atom stereocenters. The van der Waals surface area contributed by atoms with Gasteiger partial charge in [-0.15, -0.1) is 11.8 Å². The molecule has 4 aromatic rings. The van der Waals surface area contributed by atoms with E-state index in [1.807, 2.05) is 29.2 Å². The second-order valence-corrected chi connectivity index (χ2v) is 9.89. The molecule has 1 aliphatic rings. The molecule has 0 radical (unpaired) electrons. The summed E-state index contributed by atoms with van der Waals surface area (Å²) in [5.74, 6) is 2.18. The van der Waals surface area contributed by atoms with E-state index in [9.17, 15) is 4.79 Å². The number of imidazole rings is 1. The molecule has 34 heavy (non-hydrogen) atoms. The molecular formula is C28H30N4OS. The van der Waals surface area contributed by atoms with E-state index in [-0.39, 0.29) is 5.91 Å². The summed E-state index contributed by atoms with van der Waals surface area (Å²) in [5, 5.41) is 0. The molecule has 1 fully saturated rings. The third-order valence-electron chi connectivity index (χ3n) is 6.36. The molecule has 0 aliphatic carbocycles. The molecule has 3 aromatic carbocycles. The van der Waals surface area contributed by atoms with Crippen molar-refractivity contribution in [3.63, 3.8) is 0 Å². The number of fused-ring (bicyclic) bond motifs is 1. The number of piperazine rings is 1. The van der Waals surface area contributed by atoms with Crippen molar-refractivity contribution in [1.82, 2.24) is 19.4 Å². The molecule has 174 valence electrons. The van der Waals surface area contributed by atoms with E-state index in [4.69, 9.17) is 4.98 Å². The fourth-order valence-corrected chi connectivity index (χ4v) is 5.39. The van der Waals surface area contributed by atoms with Gasteiger partial charge >= 0.3 is 0 Å². The van der Waals surface area contributed by atoms with Crippen molar-refractivity contribution >= 4 is 28.7 Å². The number of carbonyl (C=O) groups is 1. The summed E-state index contributed by atoms with van der Waals surface area (Å²) < 4.78 is 2.33. The molecule has 5 rings (SSSR count). The van der Waals surface area contributed by atoms with Gasteiger partial charge in [-0.3, -0.25) is 9.69 Å². The van der Waals surface area contributed by atoms with E-state index in [2.05, 4.69) is 71.0 Å². The molecule has 0 bridgehead atoms. The van der Waals surface area contributed by atoms with E-state index >= 15 is 0 Å². The highest BCUT2D eigenvalue weighted by Gasteiger charge is 2.25. The molecule has 1 amide bonds. The lowest BCUT2D eigenvalue weighted by Gasteiger charge is -2.35. The van der Waals surface area contributed by atoms with E-state index in [0.29, 0.717) is 0 Å².